The first-order valence-corrected chi connectivity index (χ1v) is 6.25. The van der Waals surface area contributed by atoms with Gasteiger partial charge in [-0.2, -0.15) is 0 Å². The van der Waals surface area contributed by atoms with Crippen LogP contribution in [0.3, 0.4) is 0 Å². The molecule has 0 spiro atoms. The Morgan fingerprint density at radius 2 is 1.85 bits per heavy atom. The summed E-state index contributed by atoms with van der Waals surface area (Å²) in [6, 6.07) is 8.30. The number of carboxylic acids is 1. The van der Waals surface area contributed by atoms with Crippen molar-refractivity contribution in [3.05, 3.63) is 35.9 Å². The number of carbonyl (C=O) groups is 2. The van der Waals surface area contributed by atoms with Crippen molar-refractivity contribution in [2.24, 2.45) is 5.41 Å². The van der Waals surface area contributed by atoms with Gasteiger partial charge in [0.25, 0.3) is 0 Å². The van der Waals surface area contributed by atoms with Crippen LogP contribution in [0, 0.1) is 5.41 Å². The Morgan fingerprint density at radius 1 is 1.25 bits per heavy atom. The van der Waals surface area contributed by atoms with E-state index in [9.17, 15) is 9.59 Å². The fraction of sp³-hybridized carbons (Fsp3) is 0.429. The lowest BCUT2D eigenvalue weighted by atomic mass is 9.87. The number of nitrogens with one attached hydrogen (secondary N) is 2. The molecule has 1 aromatic carbocycles. The summed E-state index contributed by atoms with van der Waals surface area (Å²) in [7, 11) is 0. The zero-order chi connectivity index (χ0) is 15.2. The minimum atomic E-state index is -1.04. The molecule has 0 aliphatic heterocycles. The first kappa shape index (κ1) is 16.0. The molecule has 1 amide bonds. The zero-order valence-electron chi connectivity index (χ0n) is 11.8. The number of ether oxygens (including phenoxy) is 1. The number of carbonyl (C=O) groups excluding carboxylic acids is 1. The summed E-state index contributed by atoms with van der Waals surface area (Å²) < 4.78 is 4.97. The van der Waals surface area contributed by atoms with Crippen molar-refractivity contribution in [3.63, 3.8) is 0 Å². The second-order valence-electron chi connectivity index (χ2n) is 5.47. The Kier molecular flexibility index (Phi) is 5.52. The van der Waals surface area contributed by atoms with Crippen LogP contribution in [0.2, 0.25) is 0 Å². The average Bonchev–Trinajstić information content (AvgIpc) is 2.35. The molecule has 0 aliphatic carbocycles. The molecule has 6 nitrogen and oxygen atoms in total. The highest BCUT2D eigenvalue weighted by Gasteiger charge is 2.31. The van der Waals surface area contributed by atoms with Gasteiger partial charge in [0, 0.05) is 0 Å². The lowest BCUT2D eigenvalue weighted by molar-refractivity contribution is -0.142. The van der Waals surface area contributed by atoms with E-state index >= 15 is 0 Å². The van der Waals surface area contributed by atoms with Crippen molar-refractivity contribution >= 4 is 12.1 Å². The van der Waals surface area contributed by atoms with Gasteiger partial charge < -0.3 is 9.84 Å². The largest absolute Gasteiger partial charge is 0.480 e. The lowest BCUT2D eigenvalue weighted by Gasteiger charge is -2.27. The number of hydrogen-bond acceptors (Lipinski definition) is 4. The Bertz CT molecular complexity index is 454. The quantitative estimate of drug-likeness (QED) is 0.717. The molecule has 0 unspecified atom stereocenters. The third-order valence-electron chi connectivity index (χ3n) is 2.64. The number of carboxylic acid groups (broad SMARTS) is 1. The molecule has 0 aromatic heterocycles. The maximum atomic E-state index is 11.5. The van der Waals surface area contributed by atoms with E-state index in [0.717, 1.165) is 5.56 Å². The summed E-state index contributed by atoms with van der Waals surface area (Å²) in [5.74, 6) is -1.04. The fourth-order valence-corrected chi connectivity index (χ4v) is 1.54. The molecule has 0 heterocycles. The van der Waals surface area contributed by atoms with Gasteiger partial charge in [0.15, 0.2) is 0 Å². The second kappa shape index (κ2) is 6.91. The van der Waals surface area contributed by atoms with Crippen molar-refractivity contribution in [1.29, 1.82) is 0 Å². The van der Waals surface area contributed by atoms with Crippen LogP contribution in [0.15, 0.2) is 30.3 Å². The number of aliphatic carboxylic acids is 1. The number of hydrazine groups is 1. The minimum absolute atomic E-state index is 0.127. The first-order valence-electron chi connectivity index (χ1n) is 6.25. The molecular weight excluding hydrogens is 260 g/mol. The van der Waals surface area contributed by atoms with Crippen molar-refractivity contribution in [1.82, 2.24) is 10.9 Å². The summed E-state index contributed by atoms with van der Waals surface area (Å²) in [6.45, 7) is 5.41. The molecule has 0 fully saturated rings. The third kappa shape index (κ3) is 5.27. The third-order valence-corrected chi connectivity index (χ3v) is 2.64. The standard InChI is InChI=1S/C14H20N2O4/c1-14(2,3)11(12(17)18)15-16-13(19)20-9-10-7-5-4-6-8-10/h4-8,11,15H,9H2,1-3H3,(H,16,19)(H,17,18)/t11-/m0/s1. The van der Waals surface area contributed by atoms with Gasteiger partial charge in [0.1, 0.15) is 12.6 Å². The summed E-state index contributed by atoms with van der Waals surface area (Å²) in [4.78, 5) is 22.6. The van der Waals surface area contributed by atoms with Crippen LogP contribution >= 0.6 is 0 Å². The van der Waals surface area contributed by atoms with Gasteiger partial charge in [0.05, 0.1) is 0 Å². The van der Waals surface area contributed by atoms with E-state index in [0.29, 0.717) is 0 Å². The topological polar surface area (TPSA) is 87.7 Å². The van der Waals surface area contributed by atoms with Crippen LogP contribution in [0.25, 0.3) is 0 Å². The highest BCUT2D eigenvalue weighted by molar-refractivity contribution is 5.75. The molecule has 0 saturated carbocycles. The summed E-state index contributed by atoms with van der Waals surface area (Å²) in [5, 5.41) is 9.08. The van der Waals surface area contributed by atoms with E-state index in [2.05, 4.69) is 10.9 Å². The molecule has 1 aromatic rings. The molecule has 20 heavy (non-hydrogen) atoms. The van der Waals surface area contributed by atoms with E-state index in [1.54, 1.807) is 20.8 Å². The monoisotopic (exact) mass is 280 g/mol. The fourth-order valence-electron chi connectivity index (χ4n) is 1.54. The van der Waals surface area contributed by atoms with Crippen LogP contribution in [-0.4, -0.2) is 23.2 Å². The summed E-state index contributed by atoms with van der Waals surface area (Å²) in [5.41, 5.74) is 5.03. The zero-order valence-corrected chi connectivity index (χ0v) is 11.8. The maximum Gasteiger partial charge on any atom is 0.421 e. The molecule has 0 bridgehead atoms. The van der Waals surface area contributed by atoms with Gasteiger partial charge in [-0.3, -0.25) is 10.2 Å². The molecule has 3 N–H and O–H groups in total. The van der Waals surface area contributed by atoms with Gasteiger partial charge in [0.2, 0.25) is 0 Å². The lowest BCUT2D eigenvalue weighted by Crippen LogP contribution is -2.54. The molecular formula is C14H20N2O4. The van der Waals surface area contributed by atoms with Crippen molar-refractivity contribution in [2.45, 2.75) is 33.4 Å². The second-order valence-corrected chi connectivity index (χ2v) is 5.47. The Balaban J connectivity index is 2.41. The first-order chi connectivity index (χ1) is 9.30. The van der Waals surface area contributed by atoms with Crippen LogP contribution in [0.1, 0.15) is 26.3 Å². The molecule has 1 rings (SSSR count). The Morgan fingerprint density at radius 3 is 2.35 bits per heavy atom. The number of hydrogen-bond donors (Lipinski definition) is 3. The van der Waals surface area contributed by atoms with Crippen molar-refractivity contribution in [3.8, 4) is 0 Å². The molecule has 1 atom stereocenters. The average molecular weight is 280 g/mol. The maximum absolute atomic E-state index is 11.5. The van der Waals surface area contributed by atoms with Gasteiger partial charge >= 0.3 is 12.1 Å². The molecule has 0 saturated heterocycles. The van der Waals surface area contributed by atoms with E-state index in [4.69, 9.17) is 9.84 Å². The normalized spacial score (nSPS) is 12.6. The number of benzene rings is 1. The highest BCUT2D eigenvalue weighted by Crippen LogP contribution is 2.18. The van der Waals surface area contributed by atoms with Crippen LogP contribution < -0.4 is 10.9 Å². The molecule has 0 aliphatic rings. The van der Waals surface area contributed by atoms with Crippen LogP contribution in [0.4, 0.5) is 4.79 Å². The van der Waals surface area contributed by atoms with E-state index in [1.165, 1.54) is 0 Å². The Hall–Kier alpha value is -2.08. The summed E-state index contributed by atoms with van der Waals surface area (Å²) in [6.07, 6.45) is -0.718. The van der Waals surface area contributed by atoms with Crippen molar-refractivity contribution in [2.75, 3.05) is 0 Å². The Labute approximate surface area is 118 Å². The van der Waals surface area contributed by atoms with E-state index in [1.807, 2.05) is 30.3 Å². The highest BCUT2D eigenvalue weighted by atomic mass is 16.6. The predicted octanol–water partition coefficient (Wildman–Crippen LogP) is 1.92. The summed E-state index contributed by atoms with van der Waals surface area (Å²) >= 11 is 0. The SMILES string of the molecule is CC(C)(C)[C@@H](NNC(=O)OCc1ccccc1)C(=O)O. The van der Waals surface area contributed by atoms with Gasteiger partial charge in [-0.1, -0.05) is 51.1 Å². The van der Waals surface area contributed by atoms with Gasteiger partial charge in [-0.15, -0.1) is 0 Å². The molecule has 110 valence electrons. The van der Waals surface area contributed by atoms with Crippen LogP contribution in [0.5, 0.6) is 0 Å². The molecule has 6 heteroatoms. The molecule has 0 radical (unpaired) electrons. The predicted molar refractivity (Wildman–Crippen MR) is 73.8 cm³/mol. The van der Waals surface area contributed by atoms with Gasteiger partial charge in [-0.05, 0) is 11.0 Å². The van der Waals surface area contributed by atoms with Crippen molar-refractivity contribution < 1.29 is 19.4 Å². The smallest absolute Gasteiger partial charge is 0.421 e. The van der Waals surface area contributed by atoms with Gasteiger partial charge in [-0.25, -0.2) is 10.2 Å². The minimum Gasteiger partial charge on any atom is -0.480 e. The van der Waals surface area contributed by atoms with Crippen LogP contribution in [-0.2, 0) is 16.1 Å². The van der Waals surface area contributed by atoms with E-state index in [-0.39, 0.29) is 6.61 Å². The van der Waals surface area contributed by atoms with E-state index < -0.39 is 23.5 Å². The number of amides is 1. The number of rotatable bonds is 5.